The highest BCUT2D eigenvalue weighted by Crippen LogP contribution is 2.15. The number of pyridine rings is 1. The van der Waals surface area contributed by atoms with Crippen LogP contribution in [-0.2, 0) is 4.74 Å². The van der Waals surface area contributed by atoms with Gasteiger partial charge in [0.1, 0.15) is 17.5 Å². The highest BCUT2D eigenvalue weighted by Gasteiger charge is 2.21. The topological polar surface area (TPSA) is 95.3 Å². The average molecular weight is 336 g/mol. The molecule has 0 spiro atoms. The molecule has 25 heavy (non-hydrogen) atoms. The van der Waals surface area contributed by atoms with Crippen LogP contribution in [0.4, 0.5) is 5.69 Å². The Morgan fingerprint density at radius 1 is 1.08 bits per heavy atom. The van der Waals surface area contributed by atoms with Gasteiger partial charge in [0.25, 0.3) is 11.8 Å². The summed E-state index contributed by atoms with van der Waals surface area (Å²) in [5.74, 6) is -0.699. The maximum Gasteiger partial charge on any atom is 0.274 e. The van der Waals surface area contributed by atoms with Crippen molar-refractivity contribution in [3.8, 4) is 6.07 Å². The van der Waals surface area contributed by atoms with Crippen LogP contribution in [0.3, 0.4) is 0 Å². The summed E-state index contributed by atoms with van der Waals surface area (Å²) in [6.45, 7) is 2.01. The van der Waals surface area contributed by atoms with Crippen LogP contribution in [0.1, 0.15) is 26.5 Å². The van der Waals surface area contributed by atoms with E-state index in [4.69, 9.17) is 10.00 Å². The number of nitrogens with one attached hydrogen (secondary N) is 1. The van der Waals surface area contributed by atoms with E-state index in [2.05, 4.69) is 10.3 Å². The zero-order valence-corrected chi connectivity index (χ0v) is 13.4. The Morgan fingerprint density at radius 3 is 2.56 bits per heavy atom. The molecule has 2 aromatic rings. The SMILES string of the molecule is N#Cc1ccccc1NC(=O)c1cccc(C(=O)N2CCOCC2)n1. The van der Waals surface area contributed by atoms with Gasteiger partial charge in [0.15, 0.2) is 0 Å². The lowest BCUT2D eigenvalue weighted by Crippen LogP contribution is -2.41. The number of aromatic nitrogens is 1. The van der Waals surface area contributed by atoms with E-state index >= 15 is 0 Å². The Bertz CT molecular complexity index is 838. The van der Waals surface area contributed by atoms with Gasteiger partial charge in [-0.25, -0.2) is 4.98 Å². The van der Waals surface area contributed by atoms with Crippen LogP contribution in [0.5, 0.6) is 0 Å². The highest BCUT2D eigenvalue weighted by atomic mass is 16.5. The van der Waals surface area contributed by atoms with Crippen LogP contribution in [-0.4, -0.2) is 48.0 Å². The summed E-state index contributed by atoms with van der Waals surface area (Å²) >= 11 is 0. The average Bonchev–Trinajstić information content (AvgIpc) is 2.68. The lowest BCUT2D eigenvalue weighted by Gasteiger charge is -2.26. The summed E-state index contributed by atoms with van der Waals surface area (Å²) in [6, 6.07) is 13.4. The summed E-state index contributed by atoms with van der Waals surface area (Å²) in [5.41, 5.74) is 1.09. The molecule has 0 saturated carbocycles. The molecule has 0 atom stereocenters. The first-order chi connectivity index (χ1) is 12.2. The Hall–Kier alpha value is -3.24. The van der Waals surface area contributed by atoms with Crippen molar-refractivity contribution in [3.05, 3.63) is 59.4 Å². The Kier molecular flexibility index (Phi) is 5.02. The smallest absolute Gasteiger partial charge is 0.274 e. The maximum absolute atomic E-state index is 12.5. The molecule has 0 radical (unpaired) electrons. The third-order valence-electron chi connectivity index (χ3n) is 3.79. The minimum absolute atomic E-state index is 0.117. The largest absolute Gasteiger partial charge is 0.378 e. The normalized spacial score (nSPS) is 13.8. The van der Waals surface area contributed by atoms with Crippen LogP contribution in [0.25, 0.3) is 0 Å². The number of para-hydroxylation sites is 1. The van der Waals surface area contributed by atoms with Crippen molar-refractivity contribution in [2.24, 2.45) is 0 Å². The summed E-state index contributed by atoms with van der Waals surface area (Å²) in [5, 5.41) is 11.7. The number of benzene rings is 1. The summed E-state index contributed by atoms with van der Waals surface area (Å²) in [6.07, 6.45) is 0. The molecule has 1 N–H and O–H groups in total. The highest BCUT2D eigenvalue weighted by molar-refractivity contribution is 6.04. The van der Waals surface area contributed by atoms with Crippen LogP contribution in [0, 0.1) is 11.3 Å². The molecule has 1 fully saturated rings. The first kappa shape index (κ1) is 16.6. The van der Waals surface area contributed by atoms with Crippen LogP contribution < -0.4 is 5.32 Å². The monoisotopic (exact) mass is 336 g/mol. The number of ether oxygens (including phenoxy) is 1. The van der Waals surface area contributed by atoms with Gasteiger partial charge in [-0.05, 0) is 24.3 Å². The Morgan fingerprint density at radius 2 is 1.80 bits per heavy atom. The van der Waals surface area contributed by atoms with Crippen molar-refractivity contribution >= 4 is 17.5 Å². The summed E-state index contributed by atoms with van der Waals surface area (Å²) in [4.78, 5) is 30.7. The minimum Gasteiger partial charge on any atom is -0.378 e. The van der Waals surface area contributed by atoms with E-state index in [9.17, 15) is 9.59 Å². The predicted molar refractivity (Wildman–Crippen MR) is 90.1 cm³/mol. The molecule has 1 aromatic heterocycles. The van der Waals surface area contributed by atoms with Crippen LogP contribution in [0.2, 0.25) is 0 Å². The molecule has 0 unspecified atom stereocenters. The quantitative estimate of drug-likeness (QED) is 0.920. The summed E-state index contributed by atoms with van der Waals surface area (Å²) < 4.78 is 5.23. The molecule has 1 aromatic carbocycles. The number of morpholine rings is 1. The van der Waals surface area contributed by atoms with Crippen LogP contribution >= 0.6 is 0 Å². The minimum atomic E-state index is -0.473. The third-order valence-corrected chi connectivity index (χ3v) is 3.79. The molecule has 2 heterocycles. The molecule has 7 nitrogen and oxygen atoms in total. The number of anilines is 1. The fourth-order valence-corrected chi connectivity index (χ4v) is 2.48. The van der Waals surface area contributed by atoms with Gasteiger partial charge in [0, 0.05) is 13.1 Å². The molecular weight excluding hydrogens is 320 g/mol. The Balaban J connectivity index is 1.77. The van der Waals surface area contributed by atoms with E-state index in [-0.39, 0.29) is 17.3 Å². The van der Waals surface area contributed by atoms with Crippen LogP contribution in [0.15, 0.2) is 42.5 Å². The fraction of sp³-hybridized carbons (Fsp3) is 0.222. The number of amides is 2. The number of hydrogen-bond donors (Lipinski definition) is 1. The second-order valence-corrected chi connectivity index (χ2v) is 5.42. The number of rotatable bonds is 3. The second kappa shape index (κ2) is 7.55. The van der Waals surface area contributed by atoms with E-state index in [1.807, 2.05) is 6.07 Å². The van der Waals surface area contributed by atoms with Gasteiger partial charge < -0.3 is 15.0 Å². The van der Waals surface area contributed by atoms with Gasteiger partial charge in [0.2, 0.25) is 0 Å². The zero-order valence-electron chi connectivity index (χ0n) is 13.4. The van der Waals surface area contributed by atoms with Gasteiger partial charge >= 0.3 is 0 Å². The van der Waals surface area contributed by atoms with E-state index < -0.39 is 5.91 Å². The van der Waals surface area contributed by atoms with Gasteiger partial charge in [-0.3, -0.25) is 9.59 Å². The van der Waals surface area contributed by atoms with Gasteiger partial charge in [0.05, 0.1) is 24.5 Å². The zero-order chi connectivity index (χ0) is 17.6. The molecule has 1 aliphatic heterocycles. The summed E-state index contributed by atoms with van der Waals surface area (Å²) in [7, 11) is 0. The first-order valence-corrected chi connectivity index (χ1v) is 7.83. The number of nitriles is 1. The molecule has 7 heteroatoms. The molecule has 2 amide bonds. The van der Waals surface area contributed by atoms with Gasteiger partial charge in [-0.15, -0.1) is 0 Å². The van der Waals surface area contributed by atoms with E-state index in [0.717, 1.165) is 0 Å². The van der Waals surface area contributed by atoms with Crippen molar-refractivity contribution in [2.45, 2.75) is 0 Å². The molecule has 126 valence electrons. The lowest BCUT2D eigenvalue weighted by atomic mass is 10.2. The lowest BCUT2D eigenvalue weighted by molar-refractivity contribution is 0.0299. The number of carbonyl (C=O) groups excluding carboxylic acids is 2. The molecule has 0 bridgehead atoms. The first-order valence-electron chi connectivity index (χ1n) is 7.83. The predicted octanol–water partition coefficient (Wildman–Crippen LogP) is 1.68. The number of hydrogen-bond acceptors (Lipinski definition) is 5. The van der Waals surface area contributed by atoms with Gasteiger partial charge in [-0.2, -0.15) is 5.26 Å². The van der Waals surface area contributed by atoms with E-state index in [1.165, 1.54) is 6.07 Å². The standard InChI is InChI=1S/C18H16N4O3/c19-12-13-4-1-2-5-14(13)21-17(23)15-6-3-7-16(20-15)18(24)22-8-10-25-11-9-22/h1-7H,8-11H2,(H,21,23). The van der Waals surface area contributed by atoms with E-state index in [1.54, 1.807) is 41.3 Å². The van der Waals surface area contributed by atoms with Crippen molar-refractivity contribution < 1.29 is 14.3 Å². The van der Waals surface area contributed by atoms with Crippen molar-refractivity contribution in [1.29, 1.82) is 5.26 Å². The Labute approximate surface area is 144 Å². The fourth-order valence-electron chi connectivity index (χ4n) is 2.48. The van der Waals surface area contributed by atoms with Crippen molar-refractivity contribution in [2.75, 3.05) is 31.6 Å². The molecule has 1 saturated heterocycles. The van der Waals surface area contributed by atoms with Gasteiger partial charge in [-0.1, -0.05) is 18.2 Å². The number of carbonyl (C=O) groups is 2. The third kappa shape index (κ3) is 3.82. The van der Waals surface area contributed by atoms with E-state index in [0.29, 0.717) is 37.6 Å². The van der Waals surface area contributed by atoms with Crippen molar-refractivity contribution in [3.63, 3.8) is 0 Å². The second-order valence-electron chi connectivity index (χ2n) is 5.42. The molecule has 0 aliphatic carbocycles. The maximum atomic E-state index is 12.5. The molecular formula is C18H16N4O3. The molecule has 3 rings (SSSR count). The number of nitrogens with zero attached hydrogens (tertiary/aromatic N) is 3. The van der Waals surface area contributed by atoms with Crippen molar-refractivity contribution in [1.82, 2.24) is 9.88 Å². The molecule has 1 aliphatic rings.